The summed E-state index contributed by atoms with van der Waals surface area (Å²) in [7, 11) is 0. The molecule has 2 aliphatic rings. The first-order valence-electron chi connectivity index (χ1n) is 9.25. The monoisotopic (exact) mass is 347 g/mol. The second-order valence-corrected chi connectivity index (χ2v) is 7.29. The zero-order chi connectivity index (χ0) is 18.1. The molecule has 1 aromatic heterocycles. The van der Waals surface area contributed by atoms with E-state index in [1.807, 2.05) is 35.2 Å². The summed E-state index contributed by atoms with van der Waals surface area (Å²) in [5.41, 5.74) is 1.29. The number of Topliss-reactive ketones (excluding diaryl/α,β-unsaturated/α-hetero) is 1. The van der Waals surface area contributed by atoms with Gasteiger partial charge < -0.3 is 4.90 Å². The zero-order valence-electron chi connectivity index (χ0n) is 14.6. The molecule has 1 aliphatic heterocycles. The van der Waals surface area contributed by atoms with Crippen molar-refractivity contribution in [1.29, 1.82) is 5.26 Å². The molecule has 0 spiro atoms. The second kappa shape index (κ2) is 6.87. The van der Waals surface area contributed by atoms with Crippen molar-refractivity contribution in [2.75, 3.05) is 13.1 Å². The Morgan fingerprint density at radius 1 is 1.12 bits per heavy atom. The van der Waals surface area contributed by atoms with Crippen molar-refractivity contribution >= 4 is 22.6 Å². The SMILES string of the molecule is N#C[C@H](C(=O)[C@H]1CCCN(C(=O)C2CC2)C1)c1ccc2ccccc2n1. The molecule has 0 radical (unpaired) electrons. The number of nitriles is 1. The number of nitrogens with zero attached hydrogens (tertiary/aromatic N) is 3. The summed E-state index contributed by atoms with van der Waals surface area (Å²) in [4.78, 5) is 31.7. The normalized spacial score (nSPS) is 21.2. The number of likely N-dealkylation sites (tertiary alicyclic amines) is 1. The Labute approximate surface area is 152 Å². The predicted octanol–water partition coefficient (Wildman–Crippen LogP) is 3.06. The lowest BCUT2D eigenvalue weighted by atomic mass is 9.85. The summed E-state index contributed by atoms with van der Waals surface area (Å²) in [5, 5.41) is 10.6. The van der Waals surface area contributed by atoms with Gasteiger partial charge in [0.25, 0.3) is 0 Å². The van der Waals surface area contributed by atoms with E-state index in [1.165, 1.54) is 0 Å². The highest BCUT2D eigenvalue weighted by atomic mass is 16.2. The van der Waals surface area contributed by atoms with E-state index in [1.54, 1.807) is 6.07 Å². The number of para-hydroxylation sites is 1. The number of aromatic nitrogens is 1. The van der Waals surface area contributed by atoms with Gasteiger partial charge in [-0.2, -0.15) is 5.26 Å². The van der Waals surface area contributed by atoms with E-state index in [-0.39, 0.29) is 23.5 Å². The van der Waals surface area contributed by atoms with E-state index in [4.69, 9.17) is 0 Å². The number of rotatable bonds is 4. The quantitative estimate of drug-likeness (QED) is 0.852. The topological polar surface area (TPSA) is 74.1 Å². The molecule has 5 nitrogen and oxygen atoms in total. The number of benzene rings is 1. The molecule has 2 heterocycles. The third kappa shape index (κ3) is 3.20. The van der Waals surface area contributed by atoms with E-state index in [2.05, 4.69) is 11.1 Å². The molecule has 2 atom stereocenters. The highest BCUT2D eigenvalue weighted by molar-refractivity contribution is 5.91. The van der Waals surface area contributed by atoms with Crippen LogP contribution in [0.15, 0.2) is 36.4 Å². The van der Waals surface area contributed by atoms with Gasteiger partial charge in [0, 0.05) is 30.3 Å². The smallest absolute Gasteiger partial charge is 0.225 e. The van der Waals surface area contributed by atoms with Crippen LogP contribution < -0.4 is 0 Å². The number of amides is 1. The van der Waals surface area contributed by atoms with E-state index in [0.717, 1.165) is 43.1 Å². The highest BCUT2D eigenvalue weighted by Gasteiger charge is 2.38. The van der Waals surface area contributed by atoms with Gasteiger partial charge in [0.15, 0.2) is 5.78 Å². The Balaban J connectivity index is 1.54. The van der Waals surface area contributed by atoms with Crippen molar-refractivity contribution in [1.82, 2.24) is 9.88 Å². The molecular weight excluding hydrogens is 326 g/mol. The van der Waals surface area contributed by atoms with Gasteiger partial charge in [-0.1, -0.05) is 24.3 Å². The van der Waals surface area contributed by atoms with E-state index in [9.17, 15) is 14.9 Å². The number of carbonyl (C=O) groups excluding carboxylic acids is 2. The van der Waals surface area contributed by atoms with Gasteiger partial charge in [-0.05, 0) is 37.8 Å². The molecule has 0 unspecified atom stereocenters. The molecule has 0 bridgehead atoms. The van der Waals surface area contributed by atoms with Crippen LogP contribution in [-0.4, -0.2) is 34.7 Å². The molecule has 132 valence electrons. The molecular formula is C21H21N3O2. The Bertz CT molecular complexity index is 898. The highest BCUT2D eigenvalue weighted by Crippen LogP contribution is 2.33. The fraction of sp³-hybridized carbons (Fsp3) is 0.429. The van der Waals surface area contributed by atoms with E-state index < -0.39 is 5.92 Å². The van der Waals surface area contributed by atoms with Crippen molar-refractivity contribution in [3.63, 3.8) is 0 Å². The third-order valence-corrected chi connectivity index (χ3v) is 5.39. The van der Waals surface area contributed by atoms with Crippen molar-refractivity contribution in [3.8, 4) is 6.07 Å². The summed E-state index contributed by atoms with van der Waals surface area (Å²) < 4.78 is 0. The zero-order valence-corrected chi connectivity index (χ0v) is 14.6. The summed E-state index contributed by atoms with van der Waals surface area (Å²) in [5.74, 6) is -0.911. The molecule has 2 aromatic rings. The van der Waals surface area contributed by atoms with Gasteiger partial charge in [0.2, 0.25) is 5.91 Å². The number of piperidine rings is 1. The molecule has 1 amide bonds. The minimum atomic E-state index is -0.874. The van der Waals surface area contributed by atoms with Crippen LogP contribution in [-0.2, 0) is 9.59 Å². The standard InChI is InChI=1S/C21H21N3O2/c22-12-17(19-10-9-14-4-1-2-6-18(14)23-19)20(25)16-5-3-11-24(13-16)21(26)15-7-8-15/h1-2,4,6,9-10,15-17H,3,5,7-8,11,13H2/t16-,17-/m0/s1. The molecule has 1 saturated heterocycles. The molecule has 1 aromatic carbocycles. The summed E-state index contributed by atoms with van der Waals surface area (Å²) in [6.45, 7) is 1.17. The summed E-state index contributed by atoms with van der Waals surface area (Å²) >= 11 is 0. The molecule has 2 fully saturated rings. The Kier molecular flexibility index (Phi) is 4.42. The molecule has 1 saturated carbocycles. The summed E-state index contributed by atoms with van der Waals surface area (Å²) in [6.07, 6.45) is 3.49. The van der Waals surface area contributed by atoms with Crippen LogP contribution in [0.3, 0.4) is 0 Å². The Morgan fingerprint density at radius 3 is 2.69 bits per heavy atom. The van der Waals surface area contributed by atoms with Crippen molar-refractivity contribution < 1.29 is 9.59 Å². The lowest BCUT2D eigenvalue weighted by Gasteiger charge is -2.32. The average Bonchev–Trinajstić information content (AvgIpc) is 3.53. The number of carbonyl (C=O) groups is 2. The average molecular weight is 347 g/mol. The van der Waals surface area contributed by atoms with Crippen LogP contribution in [0.2, 0.25) is 0 Å². The molecule has 5 heteroatoms. The molecule has 4 rings (SSSR count). The molecule has 0 N–H and O–H groups in total. The summed E-state index contributed by atoms with van der Waals surface area (Å²) in [6, 6.07) is 13.5. The first-order chi connectivity index (χ1) is 12.7. The molecule has 1 aliphatic carbocycles. The van der Waals surface area contributed by atoms with Crippen LogP contribution >= 0.6 is 0 Å². The number of hydrogen-bond donors (Lipinski definition) is 0. The van der Waals surface area contributed by atoms with Crippen molar-refractivity contribution in [3.05, 3.63) is 42.1 Å². The van der Waals surface area contributed by atoms with E-state index in [0.29, 0.717) is 12.2 Å². The predicted molar refractivity (Wildman–Crippen MR) is 97.1 cm³/mol. The van der Waals surface area contributed by atoms with E-state index >= 15 is 0 Å². The van der Waals surface area contributed by atoms with Crippen LogP contribution in [0.25, 0.3) is 10.9 Å². The van der Waals surface area contributed by atoms with Crippen molar-refractivity contribution in [2.24, 2.45) is 11.8 Å². The fourth-order valence-corrected chi connectivity index (χ4v) is 3.75. The third-order valence-electron chi connectivity index (χ3n) is 5.39. The van der Waals surface area contributed by atoms with Crippen LogP contribution in [0.5, 0.6) is 0 Å². The second-order valence-electron chi connectivity index (χ2n) is 7.29. The minimum absolute atomic E-state index is 0.108. The number of pyridine rings is 1. The first kappa shape index (κ1) is 16.7. The number of hydrogen-bond acceptors (Lipinski definition) is 4. The van der Waals surface area contributed by atoms with Crippen LogP contribution in [0.1, 0.15) is 37.3 Å². The van der Waals surface area contributed by atoms with Gasteiger partial charge in [-0.25, -0.2) is 0 Å². The van der Waals surface area contributed by atoms with Gasteiger partial charge in [-0.15, -0.1) is 0 Å². The minimum Gasteiger partial charge on any atom is -0.342 e. The fourth-order valence-electron chi connectivity index (χ4n) is 3.75. The lowest BCUT2D eigenvalue weighted by molar-refractivity contribution is -0.136. The van der Waals surface area contributed by atoms with Crippen LogP contribution in [0, 0.1) is 23.2 Å². The maximum Gasteiger partial charge on any atom is 0.225 e. The van der Waals surface area contributed by atoms with Crippen molar-refractivity contribution in [2.45, 2.75) is 31.6 Å². The number of ketones is 1. The lowest BCUT2D eigenvalue weighted by Crippen LogP contribution is -2.44. The number of fused-ring (bicyclic) bond motifs is 1. The maximum atomic E-state index is 13.0. The van der Waals surface area contributed by atoms with Gasteiger partial charge >= 0.3 is 0 Å². The van der Waals surface area contributed by atoms with Gasteiger partial charge in [0.05, 0.1) is 17.3 Å². The first-order valence-corrected chi connectivity index (χ1v) is 9.25. The van der Waals surface area contributed by atoms with Gasteiger partial charge in [0.1, 0.15) is 5.92 Å². The molecule has 26 heavy (non-hydrogen) atoms. The largest absolute Gasteiger partial charge is 0.342 e. The van der Waals surface area contributed by atoms with Gasteiger partial charge in [-0.3, -0.25) is 14.6 Å². The Hall–Kier alpha value is -2.74. The maximum absolute atomic E-state index is 13.0. The van der Waals surface area contributed by atoms with Crippen LogP contribution in [0.4, 0.5) is 0 Å². The Morgan fingerprint density at radius 2 is 1.92 bits per heavy atom.